The second-order valence-electron chi connectivity index (χ2n) is 3.72. The molecule has 1 atom stereocenters. The van der Waals surface area contributed by atoms with Gasteiger partial charge in [0.25, 0.3) is 0 Å². The Morgan fingerprint density at radius 1 is 1.46 bits per heavy atom. The molecule has 0 radical (unpaired) electrons. The molecule has 0 aliphatic carbocycles. The van der Waals surface area contributed by atoms with E-state index in [1.54, 1.807) is 0 Å². The number of rotatable bonds is 7. The highest BCUT2D eigenvalue weighted by molar-refractivity contribution is 14.1. The molecule has 1 nitrogen and oxygen atoms in total. The van der Waals surface area contributed by atoms with Crippen molar-refractivity contribution in [2.75, 3.05) is 0 Å². The number of carbonyl (C=O) groups excluding carboxylic acids is 1. The largest absolute Gasteiger partial charge is 0.303 e. The molecule has 0 aliphatic rings. The Morgan fingerprint density at radius 2 is 2.15 bits per heavy atom. The molecule has 0 aromatic carbocycles. The summed E-state index contributed by atoms with van der Waals surface area (Å²) in [6.07, 6.45) is 6.43. The molecule has 0 aromatic heterocycles. The number of hydrogen-bond acceptors (Lipinski definition) is 1. The predicted octanol–water partition coefficient (Wildman–Crippen LogP) is 4.11. The third kappa shape index (κ3) is 8.47. The lowest BCUT2D eigenvalue weighted by Crippen LogP contribution is -1.95. The van der Waals surface area contributed by atoms with Crippen LogP contribution < -0.4 is 0 Å². The van der Waals surface area contributed by atoms with Crippen LogP contribution in [-0.2, 0) is 4.79 Å². The Morgan fingerprint density at radius 3 is 2.69 bits per heavy atom. The highest BCUT2D eigenvalue weighted by atomic mass is 127. The van der Waals surface area contributed by atoms with Crippen LogP contribution in [0.2, 0.25) is 0 Å². The fraction of sp³-hybridized carbons (Fsp3) is 0.727. The summed E-state index contributed by atoms with van der Waals surface area (Å²) in [5.41, 5.74) is 1.46. The number of hydrogen-bond donors (Lipinski definition) is 0. The zero-order valence-corrected chi connectivity index (χ0v) is 10.7. The van der Waals surface area contributed by atoms with E-state index in [0.717, 1.165) is 25.0 Å². The van der Waals surface area contributed by atoms with Gasteiger partial charge in [-0.05, 0) is 29.8 Å². The van der Waals surface area contributed by atoms with Gasteiger partial charge < -0.3 is 4.79 Å². The van der Waals surface area contributed by atoms with E-state index in [1.165, 1.54) is 24.8 Å². The molecule has 0 bridgehead atoms. The first kappa shape index (κ1) is 13.1. The van der Waals surface area contributed by atoms with Gasteiger partial charge in [-0.1, -0.05) is 47.9 Å². The normalized spacial score (nSPS) is 14.2. The van der Waals surface area contributed by atoms with Gasteiger partial charge in [0.1, 0.15) is 6.29 Å². The first-order valence-corrected chi connectivity index (χ1v) is 6.14. The zero-order valence-electron chi connectivity index (χ0n) is 8.55. The first-order chi connectivity index (χ1) is 6.20. The fourth-order valence-corrected chi connectivity index (χ4v) is 1.67. The van der Waals surface area contributed by atoms with Gasteiger partial charge >= 0.3 is 0 Å². The Hall–Kier alpha value is 0.140. The molecule has 13 heavy (non-hydrogen) atoms. The molecule has 0 saturated carbocycles. The van der Waals surface area contributed by atoms with Crippen molar-refractivity contribution in [2.45, 2.75) is 46.0 Å². The van der Waals surface area contributed by atoms with E-state index >= 15 is 0 Å². The van der Waals surface area contributed by atoms with Gasteiger partial charge in [-0.25, -0.2) is 0 Å². The van der Waals surface area contributed by atoms with Crippen LogP contribution in [0.15, 0.2) is 9.66 Å². The quantitative estimate of drug-likeness (QED) is 0.392. The third-order valence-corrected chi connectivity index (χ3v) is 3.19. The van der Waals surface area contributed by atoms with E-state index in [9.17, 15) is 4.79 Å². The highest BCUT2D eigenvalue weighted by Crippen LogP contribution is 2.18. The molecule has 0 unspecified atom stereocenters. The minimum absolute atomic E-state index is 0.730. The van der Waals surface area contributed by atoms with Crippen LogP contribution in [0.4, 0.5) is 0 Å². The van der Waals surface area contributed by atoms with Crippen LogP contribution >= 0.6 is 22.6 Å². The number of allylic oxidation sites excluding steroid dienone is 1. The second-order valence-corrected chi connectivity index (χ2v) is 4.34. The highest BCUT2D eigenvalue weighted by Gasteiger charge is 2.02. The van der Waals surface area contributed by atoms with Gasteiger partial charge in [-0.3, -0.25) is 0 Å². The summed E-state index contributed by atoms with van der Waals surface area (Å²) in [6.45, 7) is 4.46. The summed E-state index contributed by atoms with van der Waals surface area (Å²) in [5.74, 6) is 0.762. The molecule has 0 aromatic rings. The average Bonchev–Trinajstić information content (AvgIpc) is 2.12. The van der Waals surface area contributed by atoms with Crippen LogP contribution in [0.5, 0.6) is 0 Å². The summed E-state index contributed by atoms with van der Waals surface area (Å²) >= 11 is 2.29. The van der Waals surface area contributed by atoms with E-state index in [1.807, 2.05) is 0 Å². The van der Waals surface area contributed by atoms with Crippen molar-refractivity contribution >= 4 is 28.9 Å². The van der Waals surface area contributed by atoms with Gasteiger partial charge in [0.05, 0.1) is 0 Å². The summed E-state index contributed by atoms with van der Waals surface area (Å²) < 4.78 is 2.15. The second kappa shape index (κ2) is 8.73. The number of unbranched alkanes of at least 4 members (excludes halogenated alkanes) is 2. The summed E-state index contributed by atoms with van der Waals surface area (Å²) in [7, 11) is 0. The van der Waals surface area contributed by atoms with E-state index < -0.39 is 0 Å². The Labute approximate surface area is 95.1 Å². The maximum atomic E-state index is 10.1. The Balaban J connectivity index is 3.40. The van der Waals surface area contributed by atoms with Crippen molar-refractivity contribution in [3.63, 3.8) is 0 Å². The topological polar surface area (TPSA) is 17.1 Å². The number of aldehydes is 1. The van der Waals surface area contributed by atoms with Crippen LogP contribution in [0.3, 0.4) is 0 Å². The van der Waals surface area contributed by atoms with Crippen molar-refractivity contribution in [3.05, 3.63) is 9.66 Å². The predicted molar refractivity (Wildman–Crippen MR) is 66.1 cm³/mol. The van der Waals surface area contributed by atoms with E-state index in [4.69, 9.17) is 0 Å². The molecule has 0 fully saturated rings. The molecule has 2 heteroatoms. The molecule has 76 valence electrons. The smallest absolute Gasteiger partial charge is 0.119 e. The van der Waals surface area contributed by atoms with Crippen LogP contribution in [-0.4, -0.2) is 6.29 Å². The van der Waals surface area contributed by atoms with Gasteiger partial charge in [-0.15, -0.1) is 0 Å². The summed E-state index contributed by atoms with van der Waals surface area (Å²) in [5, 5.41) is 0. The summed E-state index contributed by atoms with van der Waals surface area (Å²) in [6, 6.07) is 0. The minimum Gasteiger partial charge on any atom is -0.303 e. The monoisotopic (exact) mass is 294 g/mol. The molecule has 0 N–H and O–H groups in total. The Kier molecular flexibility index (Phi) is 8.82. The van der Waals surface area contributed by atoms with E-state index in [2.05, 4.69) is 40.5 Å². The Bertz CT molecular complexity index is 163. The molecule has 0 amide bonds. The number of carbonyl (C=O) groups is 1. The molecule has 0 aliphatic heterocycles. The average molecular weight is 294 g/mol. The molecular weight excluding hydrogens is 275 g/mol. The molecule has 0 heterocycles. The summed E-state index contributed by atoms with van der Waals surface area (Å²) in [4.78, 5) is 10.1. The van der Waals surface area contributed by atoms with Crippen molar-refractivity contribution in [1.29, 1.82) is 0 Å². The molecule has 0 spiro atoms. The van der Waals surface area contributed by atoms with Crippen molar-refractivity contribution < 1.29 is 4.79 Å². The standard InChI is InChI=1S/C11H19IO/c1-10(8-11(2)9-12)6-4-3-5-7-13/h7,9-10H,3-6,8H2,1-2H3/b11-9+/t10-/m1/s1. The molecule has 0 rings (SSSR count). The lowest BCUT2D eigenvalue weighted by atomic mass is 9.97. The van der Waals surface area contributed by atoms with Gasteiger partial charge in [0.15, 0.2) is 0 Å². The lowest BCUT2D eigenvalue weighted by molar-refractivity contribution is -0.107. The van der Waals surface area contributed by atoms with Crippen LogP contribution in [0, 0.1) is 5.92 Å². The lowest BCUT2D eigenvalue weighted by Gasteiger charge is -2.10. The SMILES string of the molecule is C/C(=C\I)C[C@H](C)CCCCC=O. The van der Waals surface area contributed by atoms with Gasteiger partial charge in [-0.2, -0.15) is 0 Å². The first-order valence-electron chi connectivity index (χ1n) is 4.90. The van der Waals surface area contributed by atoms with Crippen molar-refractivity contribution in [1.82, 2.24) is 0 Å². The molecule has 0 saturated heterocycles. The molecular formula is C11H19IO. The van der Waals surface area contributed by atoms with E-state index in [0.29, 0.717) is 0 Å². The maximum Gasteiger partial charge on any atom is 0.119 e. The fourth-order valence-electron chi connectivity index (χ4n) is 1.42. The maximum absolute atomic E-state index is 10.1. The van der Waals surface area contributed by atoms with E-state index in [-0.39, 0.29) is 0 Å². The van der Waals surface area contributed by atoms with Crippen molar-refractivity contribution in [3.8, 4) is 0 Å². The van der Waals surface area contributed by atoms with Crippen LogP contribution in [0.1, 0.15) is 46.0 Å². The minimum atomic E-state index is 0.730. The van der Waals surface area contributed by atoms with Crippen molar-refractivity contribution in [2.24, 2.45) is 5.92 Å². The zero-order chi connectivity index (χ0) is 10.1. The third-order valence-electron chi connectivity index (χ3n) is 2.13. The van der Waals surface area contributed by atoms with Gasteiger partial charge in [0, 0.05) is 6.42 Å². The van der Waals surface area contributed by atoms with Gasteiger partial charge in [0.2, 0.25) is 0 Å². The van der Waals surface area contributed by atoms with Crippen LogP contribution in [0.25, 0.3) is 0 Å². The number of halogens is 1.